The van der Waals surface area contributed by atoms with Gasteiger partial charge in [0.2, 0.25) is 0 Å². The molecule has 0 heterocycles. The third kappa shape index (κ3) is 3.29. The first-order valence-electron chi connectivity index (χ1n) is 5.64. The molecule has 4 heteroatoms. The van der Waals surface area contributed by atoms with Crippen molar-refractivity contribution in [2.24, 2.45) is 0 Å². The lowest BCUT2D eigenvalue weighted by Gasteiger charge is -2.12. The fourth-order valence-electron chi connectivity index (χ4n) is 1.30. The van der Waals surface area contributed by atoms with E-state index in [1.165, 1.54) is 6.07 Å². The number of hydrogen-bond acceptors (Lipinski definition) is 3. The summed E-state index contributed by atoms with van der Waals surface area (Å²) in [5, 5.41) is 3.13. The molecule has 1 rings (SSSR count). The van der Waals surface area contributed by atoms with E-state index in [4.69, 9.17) is 10.5 Å². The van der Waals surface area contributed by atoms with E-state index >= 15 is 0 Å². The highest BCUT2D eigenvalue weighted by Crippen LogP contribution is 2.28. The summed E-state index contributed by atoms with van der Waals surface area (Å²) >= 11 is 0. The minimum atomic E-state index is -0.409. The van der Waals surface area contributed by atoms with Gasteiger partial charge in [0.1, 0.15) is 0 Å². The summed E-state index contributed by atoms with van der Waals surface area (Å²) in [4.78, 5) is 0. The second-order valence-electron chi connectivity index (χ2n) is 3.65. The molecule has 0 aromatic heterocycles. The van der Waals surface area contributed by atoms with Crippen LogP contribution in [-0.2, 0) is 0 Å². The first kappa shape index (κ1) is 12.6. The largest absolute Gasteiger partial charge is 0.490 e. The van der Waals surface area contributed by atoms with Crippen LogP contribution in [0.25, 0.3) is 0 Å². The van der Waals surface area contributed by atoms with Gasteiger partial charge in [-0.3, -0.25) is 0 Å². The molecule has 0 amide bonds. The van der Waals surface area contributed by atoms with Gasteiger partial charge in [0.25, 0.3) is 0 Å². The second-order valence-corrected chi connectivity index (χ2v) is 3.65. The molecule has 90 valence electrons. The van der Waals surface area contributed by atoms with Gasteiger partial charge in [0.05, 0.1) is 18.0 Å². The van der Waals surface area contributed by atoms with Crippen LogP contribution in [0.5, 0.6) is 5.75 Å². The molecule has 0 saturated heterocycles. The number of benzene rings is 1. The van der Waals surface area contributed by atoms with Crippen molar-refractivity contribution in [3.63, 3.8) is 0 Å². The lowest BCUT2D eigenvalue weighted by molar-refractivity contribution is 0.301. The maximum atomic E-state index is 13.4. The number of rotatable bonds is 6. The molecule has 3 N–H and O–H groups in total. The van der Waals surface area contributed by atoms with E-state index in [0.29, 0.717) is 12.3 Å². The third-order valence-corrected chi connectivity index (χ3v) is 2.13. The highest BCUT2D eigenvalue weighted by Gasteiger charge is 2.08. The Morgan fingerprint density at radius 1 is 1.31 bits per heavy atom. The first-order valence-corrected chi connectivity index (χ1v) is 5.64. The molecule has 1 aromatic rings. The topological polar surface area (TPSA) is 47.3 Å². The van der Waals surface area contributed by atoms with Gasteiger partial charge in [-0.05, 0) is 12.8 Å². The predicted molar refractivity (Wildman–Crippen MR) is 65.4 cm³/mol. The SMILES string of the molecule is CCCNc1cc(OCCC)c(F)cc1N. The van der Waals surface area contributed by atoms with Crippen molar-refractivity contribution in [3.05, 3.63) is 17.9 Å². The molecule has 1 aromatic carbocycles. The Morgan fingerprint density at radius 2 is 2.06 bits per heavy atom. The van der Waals surface area contributed by atoms with Crippen LogP contribution in [-0.4, -0.2) is 13.2 Å². The molecule has 0 aliphatic carbocycles. The van der Waals surface area contributed by atoms with Gasteiger partial charge in [-0.1, -0.05) is 13.8 Å². The molecule has 0 bridgehead atoms. The fraction of sp³-hybridized carbons (Fsp3) is 0.500. The van der Waals surface area contributed by atoms with Crippen LogP contribution in [0, 0.1) is 5.82 Å². The maximum Gasteiger partial charge on any atom is 0.167 e. The number of anilines is 2. The van der Waals surface area contributed by atoms with Gasteiger partial charge in [-0.2, -0.15) is 0 Å². The van der Waals surface area contributed by atoms with Gasteiger partial charge in [0.15, 0.2) is 11.6 Å². The molecule has 0 aliphatic rings. The molecular formula is C12H19FN2O. The second kappa shape index (κ2) is 6.20. The zero-order valence-electron chi connectivity index (χ0n) is 9.85. The number of ether oxygens (including phenoxy) is 1. The molecular weight excluding hydrogens is 207 g/mol. The smallest absolute Gasteiger partial charge is 0.167 e. The monoisotopic (exact) mass is 226 g/mol. The van der Waals surface area contributed by atoms with Crippen LogP contribution in [0.15, 0.2) is 12.1 Å². The van der Waals surface area contributed by atoms with Crippen molar-refractivity contribution >= 4 is 11.4 Å². The molecule has 0 aliphatic heterocycles. The number of hydrogen-bond donors (Lipinski definition) is 2. The minimum absolute atomic E-state index is 0.259. The summed E-state index contributed by atoms with van der Waals surface area (Å²) in [5.41, 5.74) is 6.84. The Kier molecular flexibility index (Phi) is 4.89. The van der Waals surface area contributed by atoms with Crippen molar-refractivity contribution in [2.75, 3.05) is 24.2 Å². The van der Waals surface area contributed by atoms with Crippen LogP contribution in [0.2, 0.25) is 0 Å². The quantitative estimate of drug-likeness (QED) is 0.733. The Hall–Kier alpha value is -1.45. The Bertz CT molecular complexity index is 313. The van der Waals surface area contributed by atoms with E-state index in [1.54, 1.807) is 6.07 Å². The van der Waals surface area contributed by atoms with Crippen LogP contribution >= 0.6 is 0 Å². The van der Waals surface area contributed by atoms with Crippen molar-refractivity contribution < 1.29 is 9.13 Å². The van der Waals surface area contributed by atoms with E-state index in [-0.39, 0.29) is 5.75 Å². The van der Waals surface area contributed by atoms with Gasteiger partial charge in [0, 0.05) is 18.7 Å². The van der Waals surface area contributed by atoms with Crippen LogP contribution in [0.1, 0.15) is 26.7 Å². The first-order chi connectivity index (χ1) is 7.69. The van der Waals surface area contributed by atoms with E-state index < -0.39 is 5.82 Å². The lowest BCUT2D eigenvalue weighted by Crippen LogP contribution is -2.05. The summed E-state index contributed by atoms with van der Waals surface area (Å²) < 4.78 is 18.7. The van der Waals surface area contributed by atoms with E-state index in [0.717, 1.165) is 25.1 Å². The summed E-state index contributed by atoms with van der Waals surface area (Å²) in [5.74, 6) is -0.150. The molecule has 0 saturated carbocycles. The highest BCUT2D eigenvalue weighted by molar-refractivity contribution is 5.68. The zero-order valence-corrected chi connectivity index (χ0v) is 9.85. The number of nitrogens with one attached hydrogen (secondary N) is 1. The Labute approximate surface area is 95.8 Å². The predicted octanol–water partition coefficient (Wildman–Crippen LogP) is 3.02. The van der Waals surface area contributed by atoms with Gasteiger partial charge < -0.3 is 15.8 Å². The summed E-state index contributed by atoms with van der Waals surface area (Å²) in [6.45, 7) is 5.35. The Balaban J connectivity index is 2.83. The van der Waals surface area contributed by atoms with Crippen LogP contribution in [0.4, 0.5) is 15.8 Å². The zero-order chi connectivity index (χ0) is 12.0. The standard InChI is InChI=1S/C12H19FN2O/c1-3-5-15-11-8-12(16-6-4-2)9(13)7-10(11)14/h7-8,15H,3-6,14H2,1-2H3. The van der Waals surface area contributed by atoms with E-state index in [2.05, 4.69) is 12.2 Å². The summed E-state index contributed by atoms with van der Waals surface area (Å²) in [6, 6.07) is 2.92. The van der Waals surface area contributed by atoms with Crippen LogP contribution in [0.3, 0.4) is 0 Å². The number of nitrogens with two attached hydrogens (primary N) is 1. The van der Waals surface area contributed by atoms with Gasteiger partial charge in [-0.15, -0.1) is 0 Å². The van der Waals surface area contributed by atoms with Crippen molar-refractivity contribution in [1.82, 2.24) is 0 Å². The number of nitrogen functional groups attached to an aromatic ring is 1. The highest BCUT2D eigenvalue weighted by atomic mass is 19.1. The van der Waals surface area contributed by atoms with Crippen molar-refractivity contribution in [3.8, 4) is 5.75 Å². The normalized spacial score (nSPS) is 10.2. The van der Waals surface area contributed by atoms with Crippen molar-refractivity contribution in [1.29, 1.82) is 0 Å². The van der Waals surface area contributed by atoms with E-state index in [9.17, 15) is 4.39 Å². The third-order valence-electron chi connectivity index (χ3n) is 2.13. The molecule has 0 atom stereocenters. The molecule has 0 unspecified atom stereocenters. The molecule has 16 heavy (non-hydrogen) atoms. The summed E-state index contributed by atoms with van der Waals surface area (Å²) in [6.07, 6.45) is 1.84. The summed E-state index contributed by atoms with van der Waals surface area (Å²) in [7, 11) is 0. The molecule has 3 nitrogen and oxygen atoms in total. The van der Waals surface area contributed by atoms with Crippen LogP contribution < -0.4 is 15.8 Å². The average molecular weight is 226 g/mol. The minimum Gasteiger partial charge on any atom is -0.490 e. The maximum absolute atomic E-state index is 13.4. The average Bonchev–Trinajstić information content (AvgIpc) is 2.26. The number of halogens is 1. The van der Waals surface area contributed by atoms with E-state index in [1.807, 2.05) is 6.92 Å². The van der Waals surface area contributed by atoms with Crippen molar-refractivity contribution in [2.45, 2.75) is 26.7 Å². The molecule has 0 radical (unpaired) electrons. The molecule has 0 spiro atoms. The fourth-order valence-corrected chi connectivity index (χ4v) is 1.30. The Morgan fingerprint density at radius 3 is 2.69 bits per heavy atom. The lowest BCUT2D eigenvalue weighted by atomic mass is 10.2. The van der Waals surface area contributed by atoms with Gasteiger partial charge >= 0.3 is 0 Å². The molecule has 0 fully saturated rings. The van der Waals surface area contributed by atoms with Gasteiger partial charge in [-0.25, -0.2) is 4.39 Å².